The zero-order chi connectivity index (χ0) is 24.4. The van der Waals surface area contributed by atoms with Crippen LogP contribution in [0.15, 0.2) is 63.5 Å². The third kappa shape index (κ3) is 4.08. The molecule has 1 aliphatic heterocycles. The smallest absolute Gasteiger partial charge is 0.355 e. The van der Waals surface area contributed by atoms with Gasteiger partial charge in [-0.25, -0.2) is 14.0 Å². The third-order valence-electron chi connectivity index (χ3n) is 5.21. The molecule has 3 rings (SSSR count). The Morgan fingerprint density at radius 2 is 1.82 bits per heavy atom. The molecular weight excluding hydrogens is 517 g/mol. The average Bonchev–Trinajstić information content (AvgIpc) is 2.82. The summed E-state index contributed by atoms with van der Waals surface area (Å²) in [5.74, 6) is -3.60. The Bertz CT molecular complexity index is 1250. The molecule has 1 atom stereocenters. The monoisotopic (exact) mass is 533 g/mol. The summed E-state index contributed by atoms with van der Waals surface area (Å²) in [7, 11) is 2.28. The summed E-state index contributed by atoms with van der Waals surface area (Å²) in [5.41, 5.74) is 6.68. The van der Waals surface area contributed by atoms with Crippen molar-refractivity contribution in [1.29, 1.82) is 5.26 Å². The number of benzene rings is 2. The molecule has 0 aromatic heterocycles. The van der Waals surface area contributed by atoms with Gasteiger partial charge < -0.3 is 15.2 Å². The van der Waals surface area contributed by atoms with Crippen molar-refractivity contribution in [3.05, 3.63) is 85.5 Å². The van der Waals surface area contributed by atoms with Gasteiger partial charge in [0.1, 0.15) is 17.3 Å². The Morgan fingerprint density at radius 3 is 2.36 bits per heavy atom. The zero-order valence-electron chi connectivity index (χ0n) is 17.8. The fourth-order valence-electron chi connectivity index (χ4n) is 3.63. The molecule has 2 N–H and O–H groups in total. The molecule has 33 heavy (non-hydrogen) atoms. The van der Waals surface area contributed by atoms with Crippen LogP contribution in [0.25, 0.3) is 0 Å². The number of nitrogens with two attached hydrogens (primary N) is 1. The molecule has 1 aliphatic rings. The standard InChI is InChI=1S/C23H18BrClFN3O4/c1-11-15(26)9-14(25)19(18(11)24)29-20(23(31)33-3)17(22(30)32-2)16(13(10-27)21(29)28)12-7-5-4-6-8-12/h4-9,16H,28H2,1-3H3. The number of halogens is 3. The number of nitriles is 1. The van der Waals surface area contributed by atoms with E-state index in [9.17, 15) is 19.2 Å². The highest BCUT2D eigenvalue weighted by atomic mass is 79.9. The maximum absolute atomic E-state index is 14.3. The van der Waals surface area contributed by atoms with Gasteiger partial charge in [0.25, 0.3) is 0 Å². The topological polar surface area (TPSA) is 106 Å². The molecular formula is C23H18BrClFN3O4. The normalized spacial score (nSPS) is 15.9. The number of anilines is 1. The third-order valence-corrected chi connectivity index (χ3v) is 6.47. The molecule has 0 fully saturated rings. The van der Waals surface area contributed by atoms with Crippen LogP contribution in [0.1, 0.15) is 17.0 Å². The minimum atomic E-state index is -1.02. The van der Waals surface area contributed by atoms with E-state index < -0.39 is 23.7 Å². The van der Waals surface area contributed by atoms with E-state index in [4.69, 9.17) is 26.8 Å². The van der Waals surface area contributed by atoms with Crippen LogP contribution in [0.3, 0.4) is 0 Å². The van der Waals surface area contributed by atoms with Crippen LogP contribution in [0, 0.1) is 24.1 Å². The van der Waals surface area contributed by atoms with Gasteiger partial charge in [0.15, 0.2) is 0 Å². The lowest BCUT2D eigenvalue weighted by Crippen LogP contribution is -2.41. The van der Waals surface area contributed by atoms with Gasteiger partial charge in [0, 0.05) is 10.0 Å². The first-order chi connectivity index (χ1) is 15.7. The summed E-state index contributed by atoms with van der Waals surface area (Å²) >= 11 is 9.66. The van der Waals surface area contributed by atoms with E-state index in [1.54, 1.807) is 30.3 Å². The number of carbonyl (C=O) groups excluding carboxylic acids is 2. The lowest BCUT2D eigenvalue weighted by Gasteiger charge is -2.36. The van der Waals surface area contributed by atoms with Crippen LogP contribution in [0.2, 0.25) is 5.02 Å². The van der Waals surface area contributed by atoms with Crippen molar-refractivity contribution in [2.24, 2.45) is 5.73 Å². The minimum absolute atomic E-state index is 0.0285. The summed E-state index contributed by atoms with van der Waals surface area (Å²) in [6, 6.07) is 11.7. The summed E-state index contributed by atoms with van der Waals surface area (Å²) in [5, 5.41) is 9.92. The molecule has 1 unspecified atom stereocenters. The van der Waals surface area contributed by atoms with Gasteiger partial charge in [-0.15, -0.1) is 0 Å². The molecule has 2 aromatic carbocycles. The molecule has 10 heteroatoms. The van der Waals surface area contributed by atoms with E-state index in [0.717, 1.165) is 25.2 Å². The molecule has 0 aliphatic carbocycles. The maximum Gasteiger partial charge on any atom is 0.355 e. The summed E-state index contributed by atoms with van der Waals surface area (Å²) in [4.78, 5) is 27.2. The molecule has 7 nitrogen and oxygen atoms in total. The van der Waals surface area contributed by atoms with E-state index in [0.29, 0.717) is 5.56 Å². The predicted octanol–water partition coefficient (Wildman–Crippen LogP) is 4.45. The quantitative estimate of drug-likeness (QED) is 0.578. The second-order valence-electron chi connectivity index (χ2n) is 6.96. The molecule has 0 bridgehead atoms. The van der Waals surface area contributed by atoms with Crippen molar-refractivity contribution in [3.63, 3.8) is 0 Å². The van der Waals surface area contributed by atoms with Crippen LogP contribution in [-0.2, 0) is 19.1 Å². The lowest BCUT2D eigenvalue weighted by molar-refractivity contribution is -0.139. The first kappa shape index (κ1) is 24.3. The maximum atomic E-state index is 14.3. The zero-order valence-corrected chi connectivity index (χ0v) is 20.1. The number of allylic oxidation sites excluding steroid dienone is 1. The van der Waals surface area contributed by atoms with Crippen LogP contribution in [-0.4, -0.2) is 26.2 Å². The highest BCUT2D eigenvalue weighted by Gasteiger charge is 2.44. The number of ether oxygens (including phenoxy) is 2. The Morgan fingerprint density at radius 1 is 1.21 bits per heavy atom. The van der Waals surface area contributed by atoms with Crippen molar-refractivity contribution in [1.82, 2.24) is 0 Å². The van der Waals surface area contributed by atoms with E-state index in [1.165, 1.54) is 6.92 Å². The number of nitrogens with zero attached hydrogens (tertiary/aromatic N) is 2. The molecule has 0 radical (unpaired) electrons. The van der Waals surface area contributed by atoms with Crippen LogP contribution in [0.5, 0.6) is 0 Å². The van der Waals surface area contributed by atoms with E-state index in [-0.39, 0.29) is 43.4 Å². The fraction of sp³-hybridized carbons (Fsp3) is 0.174. The van der Waals surface area contributed by atoms with Crippen molar-refractivity contribution in [3.8, 4) is 6.07 Å². The summed E-state index contributed by atoms with van der Waals surface area (Å²) in [6.07, 6.45) is 0. The number of rotatable bonds is 4. The van der Waals surface area contributed by atoms with E-state index >= 15 is 0 Å². The molecule has 1 heterocycles. The van der Waals surface area contributed by atoms with Gasteiger partial charge in [-0.05, 0) is 34.5 Å². The first-order valence-corrected chi connectivity index (χ1v) is 10.7. The highest BCUT2D eigenvalue weighted by molar-refractivity contribution is 9.10. The van der Waals surface area contributed by atoms with Crippen molar-refractivity contribution in [2.45, 2.75) is 12.8 Å². The van der Waals surface area contributed by atoms with Crippen LogP contribution in [0.4, 0.5) is 10.1 Å². The summed E-state index contributed by atoms with van der Waals surface area (Å²) < 4.78 is 24.4. The van der Waals surface area contributed by atoms with Gasteiger partial charge in [-0.1, -0.05) is 41.9 Å². The molecule has 170 valence electrons. The van der Waals surface area contributed by atoms with Gasteiger partial charge >= 0.3 is 11.9 Å². The number of hydrogen-bond donors (Lipinski definition) is 1. The van der Waals surface area contributed by atoms with Crippen molar-refractivity contribution in [2.75, 3.05) is 19.1 Å². The van der Waals surface area contributed by atoms with Crippen LogP contribution >= 0.6 is 27.5 Å². The lowest BCUT2D eigenvalue weighted by atomic mass is 9.81. The van der Waals surface area contributed by atoms with Gasteiger partial charge in [0.05, 0.1) is 48.1 Å². The highest BCUT2D eigenvalue weighted by Crippen LogP contribution is 2.47. The van der Waals surface area contributed by atoms with E-state index in [1.807, 2.05) is 6.07 Å². The molecule has 0 saturated heterocycles. The predicted molar refractivity (Wildman–Crippen MR) is 123 cm³/mol. The minimum Gasteiger partial charge on any atom is -0.466 e. The Labute approximate surface area is 202 Å². The second kappa shape index (κ2) is 9.65. The number of carbonyl (C=O) groups is 2. The SMILES string of the molecule is COC(=O)C1=C(C(=O)OC)N(c2c(Cl)cc(F)c(C)c2Br)C(N)=C(C#N)C1c1ccccc1. The van der Waals surface area contributed by atoms with Crippen molar-refractivity contribution >= 4 is 45.2 Å². The largest absolute Gasteiger partial charge is 0.466 e. The molecule has 0 amide bonds. The van der Waals surface area contributed by atoms with Crippen LogP contribution < -0.4 is 10.6 Å². The fourth-order valence-corrected chi connectivity index (χ4v) is 4.59. The number of esters is 2. The molecule has 0 spiro atoms. The van der Waals surface area contributed by atoms with Gasteiger partial charge in [0.2, 0.25) is 0 Å². The van der Waals surface area contributed by atoms with Gasteiger partial charge in [-0.3, -0.25) is 4.90 Å². The molecule has 0 saturated carbocycles. The second-order valence-corrected chi connectivity index (χ2v) is 8.16. The Balaban J connectivity index is 2.50. The Hall–Kier alpha value is -3.35. The number of hydrogen-bond acceptors (Lipinski definition) is 7. The average molecular weight is 535 g/mol. The summed E-state index contributed by atoms with van der Waals surface area (Å²) in [6.45, 7) is 1.49. The van der Waals surface area contributed by atoms with Crippen molar-refractivity contribution < 1.29 is 23.5 Å². The Kier molecular flexibility index (Phi) is 7.10. The molecule has 2 aromatic rings. The first-order valence-electron chi connectivity index (χ1n) is 9.49. The van der Waals surface area contributed by atoms with Gasteiger partial charge in [-0.2, -0.15) is 5.26 Å². The van der Waals surface area contributed by atoms with E-state index in [2.05, 4.69) is 15.9 Å². The number of methoxy groups -OCH3 is 2.